The van der Waals surface area contributed by atoms with Gasteiger partial charge >= 0.3 is 0 Å². The molecular formula is C22H16FNO. The summed E-state index contributed by atoms with van der Waals surface area (Å²) in [6, 6.07) is 23.6. The van der Waals surface area contributed by atoms with E-state index in [9.17, 15) is 9.18 Å². The average molecular weight is 329 g/mol. The molecule has 0 spiro atoms. The molecule has 3 aromatic rings. The van der Waals surface area contributed by atoms with Crippen molar-refractivity contribution in [2.75, 3.05) is 5.32 Å². The van der Waals surface area contributed by atoms with Crippen molar-refractivity contribution < 1.29 is 9.18 Å². The highest BCUT2D eigenvalue weighted by Crippen LogP contribution is 2.40. The van der Waals surface area contributed by atoms with Gasteiger partial charge in [0.25, 0.3) is 0 Å². The van der Waals surface area contributed by atoms with E-state index in [0.717, 1.165) is 16.8 Å². The molecule has 0 aromatic heterocycles. The van der Waals surface area contributed by atoms with Gasteiger partial charge in [-0.25, -0.2) is 4.39 Å². The number of anilines is 1. The number of ketones is 1. The quantitative estimate of drug-likeness (QED) is 0.673. The lowest BCUT2D eigenvalue weighted by Crippen LogP contribution is -2.19. The fourth-order valence-corrected chi connectivity index (χ4v) is 3.26. The Balaban J connectivity index is 1.82. The molecule has 0 fully saturated rings. The van der Waals surface area contributed by atoms with Gasteiger partial charge in [-0.2, -0.15) is 0 Å². The first kappa shape index (κ1) is 15.3. The number of hydrogen-bond donors (Lipinski definition) is 1. The van der Waals surface area contributed by atoms with Gasteiger partial charge < -0.3 is 5.32 Å². The van der Waals surface area contributed by atoms with Crippen molar-refractivity contribution in [3.63, 3.8) is 0 Å². The van der Waals surface area contributed by atoms with E-state index in [1.165, 1.54) is 24.3 Å². The van der Waals surface area contributed by atoms with Crippen LogP contribution in [0.4, 0.5) is 10.1 Å². The van der Waals surface area contributed by atoms with Gasteiger partial charge in [-0.05, 0) is 41.5 Å². The summed E-state index contributed by atoms with van der Waals surface area (Å²) in [4.78, 5) is 13.1. The van der Waals surface area contributed by atoms with E-state index in [1.807, 2.05) is 54.6 Å². The van der Waals surface area contributed by atoms with E-state index in [-0.39, 0.29) is 17.5 Å². The molecule has 0 radical (unpaired) electrons. The first-order chi connectivity index (χ1) is 12.2. The lowest BCUT2D eigenvalue weighted by Gasteiger charge is -2.27. The van der Waals surface area contributed by atoms with Crippen molar-refractivity contribution in [2.24, 2.45) is 0 Å². The van der Waals surface area contributed by atoms with Gasteiger partial charge in [-0.1, -0.05) is 48.5 Å². The van der Waals surface area contributed by atoms with Gasteiger partial charge in [0.1, 0.15) is 5.82 Å². The van der Waals surface area contributed by atoms with Gasteiger partial charge in [0, 0.05) is 28.9 Å². The first-order valence-corrected chi connectivity index (χ1v) is 8.15. The maximum atomic E-state index is 13.2. The molecule has 1 heterocycles. The zero-order chi connectivity index (χ0) is 17.2. The zero-order valence-corrected chi connectivity index (χ0v) is 13.4. The van der Waals surface area contributed by atoms with Crippen LogP contribution in [0, 0.1) is 5.82 Å². The SMILES string of the molecule is O=C(C1=CNc2ccccc2C1c1ccccc1)c1ccc(F)cc1. The van der Waals surface area contributed by atoms with E-state index in [2.05, 4.69) is 5.32 Å². The Bertz CT molecular complexity index is 945. The van der Waals surface area contributed by atoms with Crippen LogP contribution >= 0.6 is 0 Å². The van der Waals surface area contributed by atoms with Gasteiger partial charge in [0.05, 0.1) is 0 Å². The van der Waals surface area contributed by atoms with Crippen LogP contribution in [0.5, 0.6) is 0 Å². The van der Waals surface area contributed by atoms with Crippen molar-refractivity contribution in [1.29, 1.82) is 0 Å². The standard InChI is InChI=1S/C22H16FNO/c23-17-12-10-16(11-13-17)22(25)19-14-24-20-9-5-4-8-18(20)21(19)15-6-2-1-3-7-15/h1-14,21,24H. The summed E-state index contributed by atoms with van der Waals surface area (Å²) >= 11 is 0. The van der Waals surface area contributed by atoms with Gasteiger partial charge in [-0.3, -0.25) is 4.79 Å². The summed E-state index contributed by atoms with van der Waals surface area (Å²) < 4.78 is 13.2. The van der Waals surface area contributed by atoms with Gasteiger partial charge in [0.2, 0.25) is 0 Å². The lowest BCUT2D eigenvalue weighted by molar-refractivity contribution is 0.102. The molecule has 1 N–H and O–H groups in total. The predicted octanol–water partition coefficient (Wildman–Crippen LogP) is 5.15. The van der Waals surface area contributed by atoms with Crippen molar-refractivity contribution in [1.82, 2.24) is 0 Å². The molecule has 3 heteroatoms. The number of nitrogens with one attached hydrogen (secondary N) is 1. The molecule has 2 nitrogen and oxygen atoms in total. The third-order valence-electron chi connectivity index (χ3n) is 4.47. The summed E-state index contributed by atoms with van der Waals surface area (Å²) in [5.74, 6) is -0.607. The first-order valence-electron chi connectivity index (χ1n) is 8.15. The molecule has 1 unspecified atom stereocenters. The predicted molar refractivity (Wildman–Crippen MR) is 97.2 cm³/mol. The molecule has 1 atom stereocenters. The van der Waals surface area contributed by atoms with E-state index in [4.69, 9.17) is 0 Å². The van der Waals surface area contributed by atoms with E-state index in [1.54, 1.807) is 6.20 Å². The minimum absolute atomic E-state index is 0.101. The average Bonchev–Trinajstić information content (AvgIpc) is 2.68. The summed E-state index contributed by atoms with van der Waals surface area (Å²) in [7, 11) is 0. The van der Waals surface area contributed by atoms with Crippen molar-refractivity contribution in [3.8, 4) is 0 Å². The Morgan fingerprint density at radius 1 is 0.840 bits per heavy atom. The van der Waals surface area contributed by atoms with E-state index >= 15 is 0 Å². The number of halogens is 1. The third kappa shape index (κ3) is 2.85. The number of carbonyl (C=O) groups excluding carboxylic acids is 1. The molecule has 1 aliphatic rings. The van der Waals surface area contributed by atoms with Crippen LogP contribution in [-0.2, 0) is 0 Å². The molecule has 0 amide bonds. The Labute approximate surface area is 145 Å². The van der Waals surface area contributed by atoms with Gasteiger partial charge in [0.15, 0.2) is 5.78 Å². The number of fused-ring (bicyclic) bond motifs is 1. The van der Waals surface area contributed by atoms with Crippen molar-refractivity contribution >= 4 is 11.5 Å². The fourth-order valence-electron chi connectivity index (χ4n) is 3.26. The van der Waals surface area contributed by atoms with E-state index < -0.39 is 0 Å². The summed E-state index contributed by atoms with van der Waals surface area (Å²) in [5, 5.41) is 3.22. The van der Waals surface area contributed by atoms with Crippen LogP contribution in [0.25, 0.3) is 0 Å². The van der Waals surface area contributed by atoms with Crippen LogP contribution in [0.3, 0.4) is 0 Å². The fraction of sp³-hybridized carbons (Fsp3) is 0.0455. The zero-order valence-electron chi connectivity index (χ0n) is 13.4. The minimum Gasteiger partial charge on any atom is -0.361 e. The second kappa shape index (κ2) is 6.36. The van der Waals surface area contributed by atoms with Crippen molar-refractivity contribution in [3.05, 3.63) is 113 Å². The number of carbonyl (C=O) groups is 1. The monoisotopic (exact) mass is 329 g/mol. The Morgan fingerprint density at radius 2 is 1.52 bits per heavy atom. The molecule has 1 aliphatic heterocycles. The number of Topliss-reactive ketones (excluding diaryl/α,β-unsaturated/α-hetero) is 1. The third-order valence-corrected chi connectivity index (χ3v) is 4.47. The molecule has 3 aromatic carbocycles. The molecular weight excluding hydrogens is 313 g/mol. The van der Waals surface area contributed by atoms with E-state index in [0.29, 0.717) is 11.1 Å². The molecule has 0 saturated carbocycles. The number of para-hydroxylation sites is 1. The van der Waals surface area contributed by atoms with Crippen LogP contribution in [-0.4, -0.2) is 5.78 Å². The maximum Gasteiger partial charge on any atom is 0.191 e. The minimum atomic E-state index is -0.350. The van der Waals surface area contributed by atoms with Crippen LogP contribution in [0.15, 0.2) is 90.6 Å². The number of rotatable bonds is 3. The Hall–Kier alpha value is -3.20. The summed E-state index contributed by atoms with van der Waals surface area (Å²) in [5.41, 5.74) is 4.23. The normalized spacial score (nSPS) is 15.7. The molecule has 0 bridgehead atoms. The van der Waals surface area contributed by atoms with Crippen LogP contribution in [0.1, 0.15) is 27.4 Å². The molecule has 25 heavy (non-hydrogen) atoms. The molecule has 4 rings (SSSR count). The smallest absolute Gasteiger partial charge is 0.191 e. The highest BCUT2D eigenvalue weighted by molar-refractivity contribution is 6.10. The topological polar surface area (TPSA) is 29.1 Å². The summed E-state index contributed by atoms with van der Waals surface area (Å²) in [6.45, 7) is 0. The largest absolute Gasteiger partial charge is 0.361 e. The van der Waals surface area contributed by atoms with Crippen molar-refractivity contribution in [2.45, 2.75) is 5.92 Å². The van der Waals surface area contributed by atoms with Crippen LogP contribution in [0.2, 0.25) is 0 Å². The van der Waals surface area contributed by atoms with Gasteiger partial charge in [-0.15, -0.1) is 0 Å². The summed E-state index contributed by atoms with van der Waals surface area (Å²) in [6.07, 6.45) is 1.77. The number of allylic oxidation sites excluding steroid dienone is 1. The second-order valence-electron chi connectivity index (χ2n) is 6.01. The second-order valence-corrected chi connectivity index (χ2v) is 6.01. The number of hydrogen-bond acceptors (Lipinski definition) is 2. The highest BCUT2D eigenvalue weighted by atomic mass is 19.1. The molecule has 0 aliphatic carbocycles. The van der Waals surface area contributed by atoms with Crippen LogP contribution < -0.4 is 5.32 Å². The molecule has 0 saturated heterocycles. The Morgan fingerprint density at radius 3 is 2.28 bits per heavy atom. The Kier molecular flexibility index (Phi) is 3.90. The number of benzene rings is 3. The maximum absolute atomic E-state index is 13.2. The lowest BCUT2D eigenvalue weighted by atomic mass is 9.79. The highest BCUT2D eigenvalue weighted by Gasteiger charge is 2.29. The molecule has 122 valence electrons.